The van der Waals surface area contributed by atoms with E-state index in [0.29, 0.717) is 12.2 Å². The van der Waals surface area contributed by atoms with E-state index in [0.717, 1.165) is 5.56 Å². The molecule has 0 unspecified atom stereocenters. The summed E-state index contributed by atoms with van der Waals surface area (Å²) >= 11 is 0. The molecule has 3 nitrogen and oxygen atoms in total. The Hall–Kier alpha value is -2.20. The molecule has 2 rings (SSSR count). The highest BCUT2D eigenvalue weighted by Crippen LogP contribution is 2.20. The van der Waals surface area contributed by atoms with Crippen molar-refractivity contribution in [2.75, 3.05) is 6.79 Å². The number of halogens is 1. The van der Waals surface area contributed by atoms with Gasteiger partial charge in [-0.3, -0.25) is 4.79 Å². The quantitative estimate of drug-likeness (QED) is 0.459. The van der Waals surface area contributed by atoms with Crippen LogP contribution in [0.4, 0.5) is 4.39 Å². The third-order valence-corrected chi connectivity index (χ3v) is 2.73. The van der Waals surface area contributed by atoms with Gasteiger partial charge in [0.15, 0.2) is 12.6 Å². The fourth-order valence-corrected chi connectivity index (χ4v) is 1.75. The van der Waals surface area contributed by atoms with Gasteiger partial charge in [0, 0.05) is 6.07 Å². The van der Waals surface area contributed by atoms with Crippen LogP contribution >= 0.6 is 0 Å². The van der Waals surface area contributed by atoms with Crippen molar-refractivity contribution in [1.82, 2.24) is 0 Å². The second-order valence-electron chi connectivity index (χ2n) is 4.29. The molecule has 0 saturated heterocycles. The van der Waals surface area contributed by atoms with Gasteiger partial charge in [-0.1, -0.05) is 30.3 Å². The van der Waals surface area contributed by atoms with E-state index in [2.05, 4.69) is 0 Å². The van der Waals surface area contributed by atoms with Gasteiger partial charge in [0.05, 0.1) is 12.2 Å². The number of rotatable bonds is 6. The van der Waals surface area contributed by atoms with Crippen LogP contribution in [0.25, 0.3) is 0 Å². The van der Waals surface area contributed by atoms with Crippen LogP contribution in [0.3, 0.4) is 0 Å². The Morgan fingerprint density at radius 3 is 2.60 bits per heavy atom. The van der Waals surface area contributed by atoms with Gasteiger partial charge in [-0.2, -0.15) is 0 Å². The van der Waals surface area contributed by atoms with Crippen molar-refractivity contribution in [3.05, 3.63) is 65.5 Å². The van der Waals surface area contributed by atoms with E-state index < -0.39 is 5.82 Å². The molecule has 4 heteroatoms. The lowest BCUT2D eigenvalue weighted by atomic mass is 10.1. The predicted molar refractivity (Wildman–Crippen MR) is 73.1 cm³/mol. The lowest BCUT2D eigenvalue weighted by Gasteiger charge is -2.10. The van der Waals surface area contributed by atoms with Crippen LogP contribution in [0.1, 0.15) is 22.8 Å². The Labute approximate surface area is 117 Å². The summed E-state index contributed by atoms with van der Waals surface area (Å²) in [6.07, 6.45) is 0. The monoisotopic (exact) mass is 274 g/mol. The molecule has 0 spiro atoms. The van der Waals surface area contributed by atoms with E-state index in [9.17, 15) is 9.18 Å². The zero-order valence-electron chi connectivity index (χ0n) is 11.1. The van der Waals surface area contributed by atoms with E-state index in [1.807, 2.05) is 30.3 Å². The number of hydrogen-bond acceptors (Lipinski definition) is 3. The summed E-state index contributed by atoms with van der Waals surface area (Å²) in [6.45, 7) is 1.76. The molecule has 104 valence electrons. The fraction of sp³-hybridized carbons (Fsp3) is 0.188. The van der Waals surface area contributed by atoms with Crippen LogP contribution in [-0.2, 0) is 11.3 Å². The zero-order chi connectivity index (χ0) is 14.4. The average Bonchev–Trinajstić information content (AvgIpc) is 2.44. The smallest absolute Gasteiger partial charge is 0.189 e. The van der Waals surface area contributed by atoms with Gasteiger partial charge in [-0.25, -0.2) is 4.39 Å². The van der Waals surface area contributed by atoms with Crippen LogP contribution in [0.5, 0.6) is 5.75 Å². The topological polar surface area (TPSA) is 35.5 Å². The Bertz CT molecular complexity index is 582. The maximum atomic E-state index is 13.2. The molecule has 0 bridgehead atoms. The summed E-state index contributed by atoms with van der Waals surface area (Å²) in [6, 6.07) is 13.4. The second kappa shape index (κ2) is 6.82. The molecule has 0 aliphatic carbocycles. The summed E-state index contributed by atoms with van der Waals surface area (Å²) in [4.78, 5) is 11.4. The lowest BCUT2D eigenvalue weighted by Crippen LogP contribution is -2.06. The Morgan fingerprint density at radius 2 is 1.90 bits per heavy atom. The fourth-order valence-electron chi connectivity index (χ4n) is 1.75. The van der Waals surface area contributed by atoms with Crippen molar-refractivity contribution >= 4 is 5.78 Å². The van der Waals surface area contributed by atoms with E-state index in [4.69, 9.17) is 9.47 Å². The molecule has 0 aliphatic rings. The molecule has 0 radical (unpaired) electrons. The van der Waals surface area contributed by atoms with Gasteiger partial charge in [0.1, 0.15) is 11.6 Å². The molecule has 0 amide bonds. The lowest BCUT2D eigenvalue weighted by molar-refractivity contribution is 0.00454. The van der Waals surface area contributed by atoms with E-state index in [1.54, 1.807) is 0 Å². The molecule has 0 aliphatic heterocycles. The number of Topliss-reactive ketones (excluding diaryl/α,β-unsaturated/α-hetero) is 1. The number of carbonyl (C=O) groups excluding carboxylic acids is 1. The van der Waals surface area contributed by atoms with Gasteiger partial charge < -0.3 is 9.47 Å². The Balaban J connectivity index is 1.91. The van der Waals surface area contributed by atoms with Crippen molar-refractivity contribution in [3.8, 4) is 5.75 Å². The molecular weight excluding hydrogens is 259 g/mol. The normalized spacial score (nSPS) is 10.3. The molecule has 0 N–H and O–H groups in total. The third-order valence-electron chi connectivity index (χ3n) is 2.73. The molecule has 2 aromatic rings. The Kier molecular flexibility index (Phi) is 4.85. The van der Waals surface area contributed by atoms with E-state index in [-0.39, 0.29) is 18.3 Å². The molecule has 0 atom stereocenters. The van der Waals surface area contributed by atoms with Crippen molar-refractivity contribution in [2.45, 2.75) is 13.5 Å². The minimum absolute atomic E-state index is 0.0430. The highest BCUT2D eigenvalue weighted by atomic mass is 19.1. The number of ketones is 1. The first-order chi connectivity index (χ1) is 9.66. The first-order valence-electron chi connectivity index (χ1n) is 6.22. The number of benzene rings is 2. The average molecular weight is 274 g/mol. The predicted octanol–water partition coefficient (Wildman–Crippen LogP) is 3.58. The minimum Gasteiger partial charge on any atom is -0.467 e. The third kappa shape index (κ3) is 3.90. The van der Waals surface area contributed by atoms with Crippen LogP contribution in [0, 0.1) is 5.82 Å². The molecule has 2 aromatic carbocycles. The Morgan fingerprint density at radius 1 is 1.15 bits per heavy atom. The summed E-state index contributed by atoms with van der Waals surface area (Å²) in [7, 11) is 0. The minimum atomic E-state index is -0.451. The van der Waals surface area contributed by atoms with Crippen molar-refractivity contribution in [3.63, 3.8) is 0 Å². The maximum Gasteiger partial charge on any atom is 0.189 e. The van der Waals surface area contributed by atoms with Crippen LogP contribution in [0.2, 0.25) is 0 Å². The zero-order valence-corrected chi connectivity index (χ0v) is 11.1. The largest absolute Gasteiger partial charge is 0.467 e. The van der Waals surface area contributed by atoms with E-state index >= 15 is 0 Å². The van der Waals surface area contributed by atoms with Gasteiger partial charge in [0.2, 0.25) is 0 Å². The molecular formula is C16H15FO3. The number of carbonyl (C=O) groups is 1. The molecule has 0 saturated carbocycles. The van der Waals surface area contributed by atoms with Crippen molar-refractivity contribution in [2.24, 2.45) is 0 Å². The van der Waals surface area contributed by atoms with Crippen LogP contribution < -0.4 is 4.74 Å². The van der Waals surface area contributed by atoms with Crippen LogP contribution in [-0.4, -0.2) is 12.6 Å². The summed E-state index contributed by atoms with van der Waals surface area (Å²) in [5, 5.41) is 0. The first kappa shape index (κ1) is 14.2. The highest BCUT2D eigenvalue weighted by Gasteiger charge is 2.09. The second-order valence-corrected chi connectivity index (χ2v) is 4.29. The van der Waals surface area contributed by atoms with Gasteiger partial charge in [-0.05, 0) is 24.6 Å². The molecule has 20 heavy (non-hydrogen) atoms. The molecule has 0 fully saturated rings. The summed E-state index contributed by atoms with van der Waals surface area (Å²) in [5.41, 5.74) is 1.36. The van der Waals surface area contributed by atoms with E-state index in [1.165, 1.54) is 25.1 Å². The number of hydrogen-bond donors (Lipinski definition) is 0. The van der Waals surface area contributed by atoms with Crippen molar-refractivity contribution < 1.29 is 18.7 Å². The number of ether oxygens (including phenoxy) is 2. The first-order valence-corrected chi connectivity index (χ1v) is 6.22. The molecule has 0 aromatic heterocycles. The summed E-state index contributed by atoms with van der Waals surface area (Å²) in [5.74, 6) is -0.429. The van der Waals surface area contributed by atoms with Crippen LogP contribution in [0.15, 0.2) is 48.5 Å². The van der Waals surface area contributed by atoms with Gasteiger partial charge in [-0.15, -0.1) is 0 Å². The summed E-state index contributed by atoms with van der Waals surface area (Å²) < 4.78 is 23.8. The highest BCUT2D eigenvalue weighted by molar-refractivity contribution is 5.96. The van der Waals surface area contributed by atoms with Crippen molar-refractivity contribution in [1.29, 1.82) is 0 Å². The standard InChI is InChI=1S/C16H15FO3/c1-12(18)15-8-7-14(17)9-16(15)20-11-19-10-13-5-3-2-4-6-13/h2-9H,10-11H2,1H3. The SMILES string of the molecule is CC(=O)c1ccc(F)cc1OCOCc1ccccc1. The van der Waals surface area contributed by atoms with Gasteiger partial charge in [0.25, 0.3) is 0 Å². The van der Waals surface area contributed by atoms with Gasteiger partial charge >= 0.3 is 0 Å². The maximum absolute atomic E-state index is 13.2. The molecule has 0 heterocycles.